The topological polar surface area (TPSA) is 113 Å². The molecule has 0 saturated heterocycles. The predicted octanol–water partition coefficient (Wildman–Crippen LogP) is 1.62. The van der Waals surface area contributed by atoms with E-state index in [0.717, 1.165) is 6.54 Å². The number of benzene rings is 1. The molecule has 2 atom stereocenters. The van der Waals surface area contributed by atoms with Crippen LogP contribution in [0, 0.1) is 11.3 Å². The maximum absolute atomic E-state index is 11.2. The van der Waals surface area contributed by atoms with Gasteiger partial charge in [-0.3, -0.25) is 4.79 Å². The van der Waals surface area contributed by atoms with Crippen LogP contribution in [0.25, 0.3) is 0 Å². The van der Waals surface area contributed by atoms with Crippen LogP contribution in [0.2, 0.25) is 0 Å². The second-order valence-corrected chi connectivity index (χ2v) is 6.35. The number of nitriles is 1. The number of ether oxygens (including phenoxy) is 1. The van der Waals surface area contributed by atoms with Crippen molar-refractivity contribution in [3.05, 3.63) is 53.2 Å². The number of primary amides is 1. The molecule has 0 fully saturated rings. The Morgan fingerprint density at radius 2 is 2.27 bits per heavy atom. The van der Waals surface area contributed by atoms with E-state index in [2.05, 4.69) is 28.6 Å². The lowest BCUT2D eigenvalue weighted by atomic mass is 10.00. The molecule has 0 aliphatic carbocycles. The van der Waals surface area contributed by atoms with Crippen LogP contribution in [-0.4, -0.2) is 36.6 Å². The zero-order chi connectivity index (χ0) is 18.5. The van der Waals surface area contributed by atoms with Crippen LogP contribution in [0.3, 0.4) is 0 Å². The van der Waals surface area contributed by atoms with Gasteiger partial charge in [0.25, 0.3) is 0 Å². The van der Waals surface area contributed by atoms with Gasteiger partial charge in [-0.2, -0.15) is 5.26 Å². The number of nitrogens with two attached hydrogens (primary N) is 1. The Bertz CT molecular complexity index is 829. The van der Waals surface area contributed by atoms with Crippen molar-refractivity contribution in [3.63, 3.8) is 0 Å². The molecule has 0 radical (unpaired) electrons. The average molecular weight is 351 g/mol. The summed E-state index contributed by atoms with van der Waals surface area (Å²) in [6.45, 7) is 4.23. The van der Waals surface area contributed by atoms with Crippen LogP contribution in [0.4, 0.5) is 5.69 Å². The summed E-state index contributed by atoms with van der Waals surface area (Å²) in [5.41, 5.74) is 8.15. The van der Waals surface area contributed by atoms with Gasteiger partial charge in [0, 0.05) is 19.3 Å². The van der Waals surface area contributed by atoms with Crippen molar-refractivity contribution in [2.24, 2.45) is 5.73 Å². The number of hydrogen-bond acceptors (Lipinski definition) is 6. The third-order valence-electron chi connectivity index (χ3n) is 4.37. The van der Waals surface area contributed by atoms with Gasteiger partial charge in [0.2, 0.25) is 11.8 Å². The molecule has 2 heterocycles. The SMILES string of the molecule is CC(CNCC1CNc2cc(C(N)=O)cnc2O1)c1ccc(C#N)cc1. The van der Waals surface area contributed by atoms with Crippen LogP contribution in [0.1, 0.15) is 34.3 Å². The number of pyridine rings is 1. The van der Waals surface area contributed by atoms with Gasteiger partial charge < -0.3 is 21.1 Å². The van der Waals surface area contributed by atoms with E-state index in [9.17, 15) is 4.79 Å². The third-order valence-corrected chi connectivity index (χ3v) is 4.37. The van der Waals surface area contributed by atoms with Crippen molar-refractivity contribution in [2.75, 3.05) is 25.0 Å². The molecular weight excluding hydrogens is 330 g/mol. The number of nitrogens with one attached hydrogen (secondary N) is 2. The summed E-state index contributed by atoms with van der Waals surface area (Å²) < 4.78 is 5.86. The highest BCUT2D eigenvalue weighted by molar-refractivity contribution is 5.93. The maximum Gasteiger partial charge on any atom is 0.250 e. The van der Waals surface area contributed by atoms with E-state index in [4.69, 9.17) is 15.7 Å². The highest BCUT2D eigenvalue weighted by atomic mass is 16.5. The molecule has 1 aliphatic heterocycles. The fourth-order valence-electron chi connectivity index (χ4n) is 2.81. The number of carbonyl (C=O) groups is 1. The first-order valence-corrected chi connectivity index (χ1v) is 8.48. The Balaban J connectivity index is 1.50. The normalized spacial score (nSPS) is 16.5. The van der Waals surface area contributed by atoms with E-state index >= 15 is 0 Å². The molecule has 1 aromatic heterocycles. The molecule has 1 aliphatic rings. The van der Waals surface area contributed by atoms with Gasteiger partial charge in [-0.25, -0.2) is 4.98 Å². The van der Waals surface area contributed by atoms with Crippen LogP contribution < -0.4 is 21.1 Å². The Hall–Kier alpha value is -3.11. The highest BCUT2D eigenvalue weighted by Crippen LogP contribution is 2.27. The number of nitrogens with zero attached hydrogens (tertiary/aromatic N) is 2. The molecule has 134 valence electrons. The fraction of sp³-hybridized carbons (Fsp3) is 0.316. The number of amides is 1. The molecule has 3 rings (SSSR count). The predicted molar refractivity (Wildman–Crippen MR) is 98.1 cm³/mol. The lowest BCUT2D eigenvalue weighted by Crippen LogP contribution is -2.40. The maximum atomic E-state index is 11.2. The molecule has 0 saturated carbocycles. The smallest absolute Gasteiger partial charge is 0.250 e. The molecule has 4 N–H and O–H groups in total. The summed E-state index contributed by atoms with van der Waals surface area (Å²) in [5, 5.41) is 15.5. The van der Waals surface area contributed by atoms with Crippen molar-refractivity contribution in [2.45, 2.75) is 18.9 Å². The number of anilines is 1. The zero-order valence-corrected chi connectivity index (χ0v) is 14.5. The minimum Gasteiger partial charge on any atom is -0.470 e. The van der Waals surface area contributed by atoms with Crippen molar-refractivity contribution in [3.8, 4) is 11.9 Å². The van der Waals surface area contributed by atoms with Crippen molar-refractivity contribution < 1.29 is 9.53 Å². The van der Waals surface area contributed by atoms with E-state index in [1.807, 2.05) is 24.3 Å². The zero-order valence-electron chi connectivity index (χ0n) is 14.5. The van der Waals surface area contributed by atoms with E-state index < -0.39 is 5.91 Å². The second kappa shape index (κ2) is 7.85. The van der Waals surface area contributed by atoms with Gasteiger partial charge in [0.05, 0.1) is 29.4 Å². The third kappa shape index (κ3) is 4.10. The van der Waals surface area contributed by atoms with Crippen molar-refractivity contribution >= 4 is 11.6 Å². The molecule has 26 heavy (non-hydrogen) atoms. The van der Waals surface area contributed by atoms with E-state index in [1.54, 1.807) is 6.07 Å². The second-order valence-electron chi connectivity index (χ2n) is 6.35. The number of aromatic nitrogens is 1. The molecular formula is C19H21N5O2. The van der Waals surface area contributed by atoms with Crippen LogP contribution >= 0.6 is 0 Å². The van der Waals surface area contributed by atoms with Gasteiger partial charge >= 0.3 is 0 Å². The van der Waals surface area contributed by atoms with Gasteiger partial charge in [-0.1, -0.05) is 19.1 Å². The van der Waals surface area contributed by atoms with E-state index in [0.29, 0.717) is 41.7 Å². The van der Waals surface area contributed by atoms with E-state index in [-0.39, 0.29) is 6.10 Å². The first-order valence-electron chi connectivity index (χ1n) is 8.48. The summed E-state index contributed by atoms with van der Waals surface area (Å²) in [6, 6.07) is 11.4. The quantitative estimate of drug-likeness (QED) is 0.729. The molecule has 0 bridgehead atoms. The first kappa shape index (κ1) is 17.7. The molecule has 2 unspecified atom stereocenters. The van der Waals surface area contributed by atoms with Crippen molar-refractivity contribution in [1.82, 2.24) is 10.3 Å². The first-order chi connectivity index (χ1) is 12.6. The fourth-order valence-corrected chi connectivity index (χ4v) is 2.81. The summed E-state index contributed by atoms with van der Waals surface area (Å²) in [4.78, 5) is 15.4. The van der Waals surface area contributed by atoms with Crippen LogP contribution in [-0.2, 0) is 0 Å². The number of hydrogen-bond donors (Lipinski definition) is 3. The number of carbonyl (C=O) groups excluding carboxylic acids is 1. The summed E-state index contributed by atoms with van der Waals surface area (Å²) in [6.07, 6.45) is 1.37. The largest absolute Gasteiger partial charge is 0.470 e. The van der Waals surface area contributed by atoms with Gasteiger partial charge in [0.1, 0.15) is 6.10 Å². The molecule has 2 aromatic rings. The lowest BCUT2D eigenvalue weighted by Gasteiger charge is -2.27. The molecule has 1 aromatic carbocycles. The lowest BCUT2D eigenvalue weighted by molar-refractivity contribution is 0.0999. The number of fused-ring (bicyclic) bond motifs is 1. The Morgan fingerprint density at radius 3 is 2.96 bits per heavy atom. The van der Waals surface area contributed by atoms with Gasteiger partial charge in [0.15, 0.2) is 0 Å². The summed E-state index contributed by atoms with van der Waals surface area (Å²) in [5.74, 6) is 0.290. The molecule has 7 heteroatoms. The Kier molecular flexibility index (Phi) is 5.34. The summed E-state index contributed by atoms with van der Waals surface area (Å²) >= 11 is 0. The van der Waals surface area contributed by atoms with Crippen LogP contribution in [0.15, 0.2) is 36.5 Å². The van der Waals surface area contributed by atoms with Crippen LogP contribution in [0.5, 0.6) is 5.88 Å². The molecule has 0 spiro atoms. The minimum absolute atomic E-state index is 0.0532. The van der Waals surface area contributed by atoms with Crippen molar-refractivity contribution in [1.29, 1.82) is 5.26 Å². The van der Waals surface area contributed by atoms with Gasteiger partial charge in [-0.05, 0) is 29.7 Å². The molecule has 7 nitrogen and oxygen atoms in total. The Morgan fingerprint density at radius 1 is 1.50 bits per heavy atom. The minimum atomic E-state index is -0.511. The Labute approximate surface area is 152 Å². The van der Waals surface area contributed by atoms with E-state index in [1.165, 1.54) is 11.8 Å². The molecule has 1 amide bonds. The van der Waals surface area contributed by atoms with Gasteiger partial charge in [-0.15, -0.1) is 0 Å². The number of rotatable bonds is 6. The average Bonchev–Trinajstić information content (AvgIpc) is 2.67. The standard InChI is InChI=1S/C19H21N5O2/c1-12(14-4-2-13(7-20)3-5-14)8-22-10-16-11-23-17-6-15(18(21)25)9-24-19(17)26-16/h2-6,9,12,16,22-23H,8,10-11H2,1H3,(H2,21,25). The highest BCUT2D eigenvalue weighted by Gasteiger charge is 2.21. The monoisotopic (exact) mass is 351 g/mol. The summed E-state index contributed by atoms with van der Waals surface area (Å²) in [7, 11) is 0.